The summed E-state index contributed by atoms with van der Waals surface area (Å²) in [5.41, 5.74) is 0. The van der Waals surface area contributed by atoms with Gasteiger partial charge in [0.1, 0.15) is 6.20 Å². The lowest BCUT2D eigenvalue weighted by Gasteiger charge is -2.06. The van der Waals surface area contributed by atoms with E-state index in [1.54, 1.807) is 12.3 Å². The smallest absolute Gasteiger partial charge is 0.336 e. The highest BCUT2D eigenvalue weighted by molar-refractivity contribution is 5.75. The van der Waals surface area contributed by atoms with Crippen LogP contribution in [0.4, 0.5) is 4.79 Å². The van der Waals surface area contributed by atoms with E-state index in [1.165, 1.54) is 4.68 Å². The highest BCUT2D eigenvalue weighted by Crippen LogP contribution is 1.88. The lowest BCUT2D eigenvalue weighted by Crippen LogP contribution is -2.31. The second kappa shape index (κ2) is 3.90. The van der Waals surface area contributed by atoms with Gasteiger partial charge < -0.3 is 5.32 Å². The molecule has 0 aliphatic heterocycles. The van der Waals surface area contributed by atoms with Gasteiger partial charge in [-0.15, -0.1) is 0 Å². The first-order valence-corrected chi connectivity index (χ1v) is 3.90. The molecule has 65 valence electrons. The average Bonchev–Trinajstić information content (AvgIpc) is 2.51. The third-order valence-electron chi connectivity index (χ3n) is 1.33. The molecule has 4 nitrogen and oxygen atoms in total. The van der Waals surface area contributed by atoms with E-state index in [9.17, 15) is 4.79 Å². The number of nitrogens with one attached hydrogen (secondary N) is 1. The minimum absolute atomic E-state index is 0.204. The van der Waals surface area contributed by atoms with Crippen LogP contribution in [0.5, 0.6) is 0 Å². The summed E-state index contributed by atoms with van der Waals surface area (Å²) in [6.07, 6.45) is 4.12. The van der Waals surface area contributed by atoms with Gasteiger partial charge in [0.15, 0.2) is 0 Å². The Labute approximate surface area is 71.6 Å². The fourth-order valence-electron chi connectivity index (χ4n) is 0.718. The minimum Gasteiger partial charge on any atom is -0.336 e. The Morgan fingerprint density at radius 3 is 3.00 bits per heavy atom. The van der Waals surface area contributed by atoms with E-state index in [0.29, 0.717) is 12.5 Å². The largest absolute Gasteiger partial charge is 0.342 e. The summed E-state index contributed by atoms with van der Waals surface area (Å²) < 4.78 is 1.22. The number of hydrogen-bond donors (Lipinski definition) is 1. The van der Waals surface area contributed by atoms with Crippen LogP contribution >= 0.6 is 0 Å². The summed E-state index contributed by atoms with van der Waals surface area (Å²) >= 11 is 0. The van der Waals surface area contributed by atoms with Crippen molar-refractivity contribution in [2.24, 2.45) is 5.92 Å². The molecule has 0 unspecified atom stereocenters. The second-order valence-electron chi connectivity index (χ2n) is 2.97. The summed E-state index contributed by atoms with van der Waals surface area (Å²) in [6.45, 7) is 4.74. The highest BCUT2D eigenvalue weighted by Gasteiger charge is 2.03. The summed E-state index contributed by atoms with van der Waals surface area (Å²) in [6, 6.07) is 1.39. The maximum absolute atomic E-state index is 11.2. The SMILES string of the molecule is CC(C)CNC(=O)n1cc[c]n1. The zero-order chi connectivity index (χ0) is 8.97. The Balaban J connectivity index is 2.40. The van der Waals surface area contributed by atoms with Crippen LogP contribution in [0, 0.1) is 12.1 Å². The molecule has 0 saturated carbocycles. The second-order valence-corrected chi connectivity index (χ2v) is 2.97. The highest BCUT2D eigenvalue weighted by atomic mass is 16.2. The number of carbonyl (C=O) groups is 1. The van der Waals surface area contributed by atoms with Gasteiger partial charge in [-0.1, -0.05) is 13.8 Å². The van der Waals surface area contributed by atoms with Gasteiger partial charge in [0.2, 0.25) is 0 Å². The van der Waals surface area contributed by atoms with E-state index in [0.717, 1.165) is 0 Å². The number of nitrogens with zero attached hydrogens (tertiary/aromatic N) is 2. The molecule has 0 bridgehead atoms. The van der Waals surface area contributed by atoms with E-state index in [4.69, 9.17) is 0 Å². The van der Waals surface area contributed by atoms with Gasteiger partial charge >= 0.3 is 6.03 Å². The van der Waals surface area contributed by atoms with Crippen molar-refractivity contribution in [3.63, 3.8) is 0 Å². The number of aromatic nitrogens is 2. The molecule has 0 aromatic carbocycles. The van der Waals surface area contributed by atoms with Crippen LogP contribution in [-0.4, -0.2) is 22.4 Å². The van der Waals surface area contributed by atoms with Gasteiger partial charge in [-0.05, 0) is 12.0 Å². The molecule has 4 heteroatoms. The zero-order valence-corrected chi connectivity index (χ0v) is 7.24. The molecule has 1 N–H and O–H groups in total. The van der Waals surface area contributed by atoms with Gasteiger partial charge in [0.25, 0.3) is 0 Å². The molecule has 12 heavy (non-hydrogen) atoms. The maximum atomic E-state index is 11.2. The molecule has 0 aliphatic carbocycles. The Kier molecular flexibility index (Phi) is 2.85. The Morgan fingerprint density at radius 1 is 1.75 bits per heavy atom. The first kappa shape index (κ1) is 8.77. The van der Waals surface area contributed by atoms with Crippen molar-refractivity contribution in [2.75, 3.05) is 6.54 Å². The van der Waals surface area contributed by atoms with Gasteiger partial charge in [-0.25, -0.2) is 4.79 Å². The molecule has 1 radical (unpaired) electrons. The third-order valence-corrected chi connectivity index (χ3v) is 1.33. The number of carbonyl (C=O) groups excluding carboxylic acids is 1. The van der Waals surface area contributed by atoms with Crippen LogP contribution in [0.1, 0.15) is 13.8 Å². The first-order valence-electron chi connectivity index (χ1n) is 3.90. The van der Waals surface area contributed by atoms with E-state index in [2.05, 4.69) is 16.6 Å². The fraction of sp³-hybridized carbons (Fsp3) is 0.500. The predicted octanol–water partition coefficient (Wildman–Crippen LogP) is 0.897. The van der Waals surface area contributed by atoms with Crippen molar-refractivity contribution in [3.05, 3.63) is 18.5 Å². The molecule has 1 amide bonds. The van der Waals surface area contributed by atoms with E-state index in [-0.39, 0.29) is 6.03 Å². The molecule has 0 saturated heterocycles. The van der Waals surface area contributed by atoms with Gasteiger partial charge in [-0.2, -0.15) is 9.78 Å². The molecular formula is C8H12N3O. The normalized spacial score (nSPS) is 10.2. The first-order chi connectivity index (χ1) is 5.70. The van der Waals surface area contributed by atoms with Crippen molar-refractivity contribution < 1.29 is 4.79 Å². The van der Waals surface area contributed by atoms with Crippen molar-refractivity contribution >= 4 is 6.03 Å². The van der Waals surface area contributed by atoms with Crippen molar-refractivity contribution in [3.8, 4) is 0 Å². The van der Waals surface area contributed by atoms with Gasteiger partial charge in [0, 0.05) is 12.7 Å². The molecule has 0 aliphatic rings. The van der Waals surface area contributed by atoms with Crippen LogP contribution < -0.4 is 5.32 Å². The van der Waals surface area contributed by atoms with Crippen LogP contribution in [0.25, 0.3) is 0 Å². The monoisotopic (exact) mass is 166 g/mol. The zero-order valence-electron chi connectivity index (χ0n) is 7.24. The molecule has 1 rings (SSSR count). The number of amides is 1. The summed E-state index contributed by atoms with van der Waals surface area (Å²) in [4.78, 5) is 11.2. The van der Waals surface area contributed by atoms with Crippen LogP contribution in [0.3, 0.4) is 0 Å². The number of rotatable bonds is 2. The van der Waals surface area contributed by atoms with E-state index < -0.39 is 0 Å². The molecular weight excluding hydrogens is 154 g/mol. The fourth-order valence-corrected chi connectivity index (χ4v) is 0.718. The maximum Gasteiger partial charge on any atom is 0.342 e. The lowest BCUT2D eigenvalue weighted by atomic mass is 10.2. The molecule has 0 atom stereocenters. The van der Waals surface area contributed by atoms with E-state index in [1.807, 2.05) is 13.8 Å². The standard InChI is InChI=1S/C8H12N3O/c1-7(2)6-9-8(12)11-5-3-4-10-11/h3,5,7H,6H2,1-2H3,(H,9,12). The third kappa shape index (κ3) is 2.38. The molecule has 1 aromatic heterocycles. The van der Waals surface area contributed by atoms with Gasteiger partial charge in [-0.3, -0.25) is 0 Å². The van der Waals surface area contributed by atoms with Crippen LogP contribution in [0.2, 0.25) is 0 Å². The molecule has 1 heterocycles. The van der Waals surface area contributed by atoms with Crippen molar-refractivity contribution in [1.29, 1.82) is 0 Å². The number of hydrogen-bond acceptors (Lipinski definition) is 2. The average molecular weight is 166 g/mol. The lowest BCUT2D eigenvalue weighted by molar-refractivity contribution is 0.238. The quantitative estimate of drug-likeness (QED) is 0.709. The summed E-state index contributed by atoms with van der Waals surface area (Å²) in [5, 5.41) is 6.40. The summed E-state index contributed by atoms with van der Waals surface area (Å²) in [7, 11) is 0. The van der Waals surface area contributed by atoms with Crippen molar-refractivity contribution in [2.45, 2.75) is 13.8 Å². The molecule has 1 aromatic rings. The van der Waals surface area contributed by atoms with Gasteiger partial charge in [0.05, 0.1) is 0 Å². The summed E-state index contributed by atoms with van der Waals surface area (Å²) in [5.74, 6) is 0.452. The Bertz CT molecular complexity index is 241. The Morgan fingerprint density at radius 2 is 2.50 bits per heavy atom. The minimum atomic E-state index is -0.204. The van der Waals surface area contributed by atoms with Crippen LogP contribution in [0.15, 0.2) is 12.3 Å². The Hall–Kier alpha value is -1.32. The topological polar surface area (TPSA) is 46.9 Å². The van der Waals surface area contributed by atoms with Crippen molar-refractivity contribution in [1.82, 2.24) is 15.1 Å². The van der Waals surface area contributed by atoms with Crippen LogP contribution in [-0.2, 0) is 0 Å². The molecule has 0 fully saturated rings. The molecule has 0 spiro atoms. The van der Waals surface area contributed by atoms with E-state index >= 15 is 0 Å². The predicted molar refractivity (Wildman–Crippen MR) is 44.7 cm³/mol.